The molecule has 1 N–H and O–H groups in total. The number of carbonyl (C=O) groups is 2. The van der Waals surface area contributed by atoms with Crippen LogP contribution in [0.2, 0.25) is 0 Å². The fourth-order valence-corrected chi connectivity index (χ4v) is 3.68. The van der Waals surface area contributed by atoms with E-state index in [2.05, 4.69) is 10.4 Å². The SMILES string of the molecule is O=C(NCc1ccccc1)N1CCN(C(=O)c2cc3n(n2)CCCC3)CC1. The first kappa shape index (κ1) is 17.6. The molecule has 0 bridgehead atoms. The number of amides is 3. The minimum atomic E-state index is -0.0802. The van der Waals surface area contributed by atoms with Crippen molar-refractivity contribution in [2.24, 2.45) is 0 Å². The highest BCUT2D eigenvalue weighted by molar-refractivity contribution is 5.92. The van der Waals surface area contributed by atoms with E-state index in [1.165, 1.54) is 0 Å². The van der Waals surface area contributed by atoms with Crippen LogP contribution in [0.4, 0.5) is 4.79 Å². The lowest BCUT2D eigenvalue weighted by molar-refractivity contribution is 0.0658. The first-order valence-corrected chi connectivity index (χ1v) is 9.63. The van der Waals surface area contributed by atoms with Gasteiger partial charge in [-0.25, -0.2) is 4.79 Å². The molecule has 0 spiro atoms. The minimum absolute atomic E-state index is 0.0266. The van der Waals surface area contributed by atoms with E-state index in [0.717, 1.165) is 37.1 Å². The van der Waals surface area contributed by atoms with Crippen LogP contribution in [0.5, 0.6) is 0 Å². The number of nitrogens with one attached hydrogen (secondary N) is 1. The number of urea groups is 1. The van der Waals surface area contributed by atoms with Crippen molar-refractivity contribution in [1.29, 1.82) is 0 Å². The lowest BCUT2D eigenvalue weighted by Crippen LogP contribution is -2.53. The molecule has 0 saturated carbocycles. The molecule has 27 heavy (non-hydrogen) atoms. The largest absolute Gasteiger partial charge is 0.334 e. The van der Waals surface area contributed by atoms with E-state index in [1.54, 1.807) is 9.80 Å². The first-order valence-electron chi connectivity index (χ1n) is 9.63. The van der Waals surface area contributed by atoms with Crippen molar-refractivity contribution >= 4 is 11.9 Å². The Morgan fingerprint density at radius 1 is 0.963 bits per heavy atom. The van der Waals surface area contributed by atoms with E-state index >= 15 is 0 Å². The van der Waals surface area contributed by atoms with E-state index in [4.69, 9.17) is 0 Å². The number of piperazine rings is 1. The molecule has 0 atom stereocenters. The van der Waals surface area contributed by atoms with Gasteiger partial charge in [0.1, 0.15) is 0 Å². The van der Waals surface area contributed by atoms with Gasteiger partial charge in [-0.15, -0.1) is 0 Å². The number of carbonyl (C=O) groups excluding carboxylic acids is 2. The summed E-state index contributed by atoms with van der Waals surface area (Å²) in [6, 6.07) is 11.7. The normalized spacial score (nSPS) is 16.7. The van der Waals surface area contributed by atoms with Gasteiger partial charge in [-0.2, -0.15) is 5.10 Å². The standard InChI is InChI=1S/C20H25N5O2/c26-19(18-14-17-8-4-5-9-25(17)22-18)23-10-12-24(13-11-23)20(27)21-15-16-6-2-1-3-7-16/h1-3,6-7,14H,4-5,8-13,15H2,(H,21,27). The maximum Gasteiger partial charge on any atom is 0.317 e. The quantitative estimate of drug-likeness (QED) is 0.901. The number of aromatic nitrogens is 2. The lowest BCUT2D eigenvalue weighted by atomic mass is 10.1. The Balaban J connectivity index is 1.28. The average molecular weight is 367 g/mol. The number of fused-ring (bicyclic) bond motifs is 1. The molecule has 1 aromatic carbocycles. The van der Waals surface area contributed by atoms with Gasteiger partial charge in [-0.1, -0.05) is 30.3 Å². The van der Waals surface area contributed by atoms with Gasteiger partial charge in [0.05, 0.1) is 0 Å². The molecular weight excluding hydrogens is 342 g/mol. The van der Waals surface area contributed by atoms with Gasteiger partial charge in [0, 0.05) is 45.0 Å². The number of nitrogens with zero attached hydrogens (tertiary/aromatic N) is 4. The highest BCUT2D eigenvalue weighted by Crippen LogP contribution is 2.17. The fourth-order valence-electron chi connectivity index (χ4n) is 3.68. The molecule has 7 nitrogen and oxygen atoms in total. The fraction of sp³-hybridized carbons (Fsp3) is 0.450. The predicted octanol–water partition coefficient (Wildman–Crippen LogP) is 1.89. The molecular formula is C20H25N5O2. The monoisotopic (exact) mass is 367 g/mol. The Hall–Kier alpha value is -2.83. The maximum atomic E-state index is 12.7. The third-order valence-electron chi connectivity index (χ3n) is 5.28. The number of rotatable bonds is 3. The van der Waals surface area contributed by atoms with Crippen LogP contribution in [-0.2, 0) is 19.5 Å². The molecule has 4 rings (SSSR count). The van der Waals surface area contributed by atoms with Gasteiger partial charge in [0.15, 0.2) is 5.69 Å². The molecule has 2 aromatic rings. The van der Waals surface area contributed by atoms with Crippen LogP contribution >= 0.6 is 0 Å². The van der Waals surface area contributed by atoms with Gasteiger partial charge in [0.2, 0.25) is 0 Å². The summed E-state index contributed by atoms with van der Waals surface area (Å²) in [4.78, 5) is 28.7. The van der Waals surface area contributed by atoms with E-state index in [9.17, 15) is 9.59 Å². The van der Waals surface area contributed by atoms with Gasteiger partial charge >= 0.3 is 6.03 Å². The van der Waals surface area contributed by atoms with E-state index in [1.807, 2.05) is 41.1 Å². The molecule has 1 fully saturated rings. The summed E-state index contributed by atoms with van der Waals surface area (Å²) in [7, 11) is 0. The third-order valence-corrected chi connectivity index (χ3v) is 5.28. The van der Waals surface area contributed by atoms with Crippen molar-refractivity contribution in [3.05, 3.63) is 53.3 Å². The minimum Gasteiger partial charge on any atom is -0.334 e. The van der Waals surface area contributed by atoms with Gasteiger partial charge in [0.25, 0.3) is 5.91 Å². The van der Waals surface area contributed by atoms with Crippen molar-refractivity contribution < 1.29 is 9.59 Å². The van der Waals surface area contributed by atoms with Crippen molar-refractivity contribution in [2.75, 3.05) is 26.2 Å². The summed E-state index contributed by atoms with van der Waals surface area (Å²) in [5.41, 5.74) is 2.76. The first-order chi connectivity index (χ1) is 13.2. The molecule has 2 aliphatic rings. The number of hydrogen-bond acceptors (Lipinski definition) is 3. The van der Waals surface area contributed by atoms with Crippen LogP contribution in [0.1, 0.15) is 34.6 Å². The molecule has 142 valence electrons. The zero-order valence-electron chi connectivity index (χ0n) is 15.4. The van der Waals surface area contributed by atoms with Crippen LogP contribution in [0, 0.1) is 0 Å². The summed E-state index contributed by atoms with van der Waals surface area (Å²) in [6.45, 7) is 3.58. The van der Waals surface area contributed by atoms with Crippen LogP contribution in [0.3, 0.4) is 0 Å². The zero-order chi connectivity index (χ0) is 18.6. The summed E-state index contributed by atoms with van der Waals surface area (Å²) >= 11 is 0. The number of benzene rings is 1. The second-order valence-electron chi connectivity index (χ2n) is 7.12. The molecule has 0 radical (unpaired) electrons. The van der Waals surface area contributed by atoms with Crippen molar-refractivity contribution in [1.82, 2.24) is 24.9 Å². The average Bonchev–Trinajstić information content (AvgIpc) is 3.16. The summed E-state index contributed by atoms with van der Waals surface area (Å²) < 4.78 is 1.96. The molecule has 0 aliphatic carbocycles. The number of aryl methyl sites for hydroxylation is 2. The third kappa shape index (κ3) is 3.97. The molecule has 3 heterocycles. The van der Waals surface area contributed by atoms with E-state index < -0.39 is 0 Å². The van der Waals surface area contributed by atoms with Crippen molar-refractivity contribution in [3.63, 3.8) is 0 Å². The van der Waals surface area contributed by atoms with E-state index in [-0.39, 0.29) is 11.9 Å². The zero-order valence-corrected chi connectivity index (χ0v) is 15.4. The topological polar surface area (TPSA) is 70.5 Å². The molecule has 7 heteroatoms. The summed E-state index contributed by atoms with van der Waals surface area (Å²) in [5.74, 6) is -0.0266. The molecule has 3 amide bonds. The van der Waals surface area contributed by atoms with Crippen molar-refractivity contribution in [3.8, 4) is 0 Å². The second kappa shape index (κ2) is 7.82. The van der Waals surface area contributed by atoms with Gasteiger partial charge in [-0.3, -0.25) is 9.48 Å². The maximum absolute atomic E-state index is 12.7. The second-order valence-corrected chi connectivity index (χ2v) is 7.12. The smallest absolute Gasteiger partial charge is 0.317 e. The van der Waals surface area contributed by atoms with E-state index in [0.29, 0.717) is 38.4 Å². The Morgan fingerprint density at radius 3 is 2.44 bits per heavy atom. The molecule has 2 aliphatic heterocycles. The van der Waals surface area contributed by atoms with Crippen molar-refractivity contribution in [2.45, 2.75) is 32.4 Å². The Labute approximate surface area is 158 Å². The number of hydrogen-bond donors (Lipinski definition) is 1. The Bertz CT molecular complexity index is 786. The van der Waals surface area contributed by atoms with Gasteiger partial charge < -0.3 is 15.1 Å². The summed E-state index contributed by atoms with van der Waals surface area (Å²) in [6.07, 6.45) is 3.28. The molecule has 0 unspecified atom stereocenters. The summed E-state index contributed by atoms with van der Waals surface area (Å²) in [5, 5.41) is 7.42. The highest BCUT2D eigenvalue weighted by Gasteiger charge is 2.27. The predicted molar refractivity (Wildman–Crippen MR) is 101 cm³/mol. The van der Waals surface area contributed by atoms with Gasteiger partial charge in [-0.05, 0) is 30.9 Å². The Kier molecular flexibility index (Phi) is 5.09. The van der Waals surface area contributed by atoms with Crippen LogP contribution in [0.15, 0.2) is 36.4 Å². The Morgan fingerprint density at radius 2 is 1.70 bits per heavy atom. The molecule has 1 aromatic heterocycles. The van der Waals surface area contributed by atoms with Crippen LogP contribution in [0.25, 0.3) is 0 Å². The highest BCUT2D eigenvalue weighted by atomic mass is 16.2. The van der Waals surface area contributed by atoms with Crippen LogP contribution < -0.4 is 5.32 Å². The molecule has 1 saturated heterocycles. The lowest BCUT2D eigenvalue weighted by Gasteiger charge is -2.34. The van der Waals surface area contributed by atoms with Crippen LogP contribution in [-0.4, -0.2) is 57.7 Å².